The number of carbonyl (C=O) groups is 1. The molecule has 0 aliphatic heterocycles. The fraction of sp³-hybridized carbons (Fsp3) is 0.194. The second-order valence-corrected chi connectivity index (χ2v) is 10.9. The Balaban J connectivity index is 1.68. The number of methoxy groups -OCH3 is 1. The van der Waals surface area contributed by atoms with Crippen molar-refractivity contribution in [1.82, 2.24) is 9.62 Å². The first-order valence-corrected chi connectivity index (χ1v) is 13.9. The molecule has 38 heavy (non-hydrogen) atoms. The Morgan fingerprint density at radius 2 is 1.29 bits per heavy atom. The van der Waals surface area contributed by atoms with Crippen LogP contribution in [0.25, 0.3) is 0 Å². The van der Waals surface area contributed by atoms with E-state index in [2.05, 4.69) is 4.72 Å². The lowest BCUT2D eigenvalue weighted by molar-refractivity contribution is -0.134. The number of nitrogens with zero attached hydrogens (tertiary/aromatic N) is 1. The quantitative estimate of drug-likeness (QED) is 0.293. The van der Waals surface area contributed by atoms with Gasteiger partial charge in [-0.1, -0.05) is 91.0 Å². The summed E-state index contributed by atoms with van der Waals surface area (Å²) in [5, 5.41) is 0. The molecule has 4 aromatic rings. The van der Waals surface area contributed by atoms with Gasteiger partial charge in [0.1, 0.15) is 11.8 Å². The van der Waals surface area contributed by atoms with Crippen molar-refractivity contribution in [3.8, 4) is 5.75 Å². The highest BCUT2D eigenvalue weighted by atomic mass is 32.2. The standard InChI is InChI=1S/C31H32N2O4S/c1-24-20-28(18-19-30(24)37-2)38(35,36)32-29(21-25-12-6-3-7-13-25)31(34)33(22-26-14-8-4-9-15-26)23-27-16-10-5-11-17-27/h3-20,29,32H,21-23H2,1-2H3/t29-/m0/s1. The van der Waals surface area contributed by atoms with Gasteiger partial charge in [0.15, 0.2) is 0 Å². The van der Waals surface area contributed by atoms with E-state index in [4.69, 9.17) is 4.74 Å². The molecule has 1 N–H and O–H groups in total. The smallest absolute Gasteiger partial charge is 0.241 e. The molecular weight excluding hydrogens is 496 g/mol. The first-order valence-electron chi connectivity index (χ1n) is 12.4. The summed E-state index contributed by atoms with van der Waals surface area (Å²) in [6.07, 6.45) is 0.216. The van der Waals surface area contributed by atoms with Crippen LogP contribution in [0.4, 0.5) is 0 Å². The zero-order chi connectivity index (χ0) is 27.0. The third-order valence-electron chi connectivity index (χ3n) is 6.30. The molecule has 1 atom stereocenters. The summed E-state index contributed by atoms with van der Waals surface area (Å²) in [6, 6.07) is 32.5. The average Bonchev–Trinajstić information content (AvgIpc) is 2.93. The minimum Gasteiger partial charge on any atom is -0.496 e. The highest BCUT2D eigenvalue weighted by Gasteiger charge is 2.30. The number of hydrogen-bond acceptors (Lipinski definition) is 4. The normalized spacial score (nSPS) is 12.1. The molecule has 6 nitrogen and oxygen atoms in total. The number of nitrogens with one attached hydrogen (secondary N) is 1. The molecule has 4 rings (SSSR count). The van der Waals surface area contributed by atoms with Gasteiger partial charge in [-0.15, -0.1) is 0 Å². The first-order chi connectivity index (χ1) is 18.4. The number of ether oxygens (including phenoxy) is 1. The van der Waals surface area contributed by atoms with Crippen LogP contribution < -0.4 is 9.46 Å². The number of sulfonamides is 1. The van der Waals surface area contributed by atoms with Crippen LogP contribution in [0, 0.1) is 6.92 Å². The Kier molecular flexibility index (Phi) is 8.94. The Morgan fingerprint density at radius 3 is 1.76 bits per heavy atom. The average molecular weight is 529 g/mol. The molecule has 0 heterocycles. The lowest BCUT2D eigenvalue weighted by Crippen LogP contribution is -2.49. The predicted molar refractivity (Wildman–Crippen MR) is 149 cm³/mol. The molecule has 0 fully saturated rings. The summed E-state index contributed by atoms with van der Waals surface area (Å²) in [7, 11) is -2.47. The van der Waals surface area contributed by atoms with Gasteiger partial charge in [-0.05, 0) is 53.8 Å². The van der Waals surface area contributed by atoms with Gasteiger partial charge in [-0.3, -0.25) is 4.79 Å². The van der Waals surface area contributed by atoms with Gasteiger partial charge >= 0.3 is 0 Å². The lowest BCUT2D eigenvalue weighted by Gasteiger charge is -2.28. The Labute approximate surface area is 225 Å². The van der Waals surface area contributed by atoms with Crippen molar-refractivity contribution in [3.63, 3.8) is 0 Å². The summed E-state index contributed by atoms with van der Waals surface area (Å²) >= 11 is 0. The first kappa shape index (κ1) is 27.1. The fourth-order valence-electron chi connectivity index (χ4n) is 4.34. The highest BCUT2D eigenvalue weighted by Crippen LogP contribution is 2.22. The summed E-state index contributed by atoms with van der Waals surface area (Å²) in [4.78, 5) is 15.9. The molecule has 0 aliphatic rings. The molecule has 0 aromatic heterocycles. The monoisotopic (exact) mass is 528 g/mol. The molecule has 0 bridgehead atoms. The van der Waals surface area contributed by atoms with Crippen LogP contribution >= 0.6 is 0 Å². The maximum Gasteiger partial charge on any atom is 0.241 e. The summed E-state index contributed by atoms with van der Waals surface area (Å²) in [5.41, 5.74) is 3.47. The third kappa shape index (κ3) is 7.09. The lowest BCUT2D eigenvalue weighted by atomic mass is 10.0. The molecule has 0 unspecified atom stereocenters. The van der Waals surface area contributed by atoms with Crippen LogP contribution in [0.15, 0.2) is 114 Å². The Hall–Kier alpha value is -3.94. The number of carbonyl (C=O) groups excluding carboxylic acids is 1. The zero-order valence-corrected chi connectivity index (χ0v) is 22.4. The van der Waals surface area contributed by atoms with Crippen molar-refractivity contribution < 1.29 is 17.9 Å². The predicted octanol–water partition coefficient (Wildman–Crippen LogP) is 5.12. The van der Waals surface area contributed by atoms with E-state index >= 15 is 0 Å². The van der Waals surface area contributed by atoms with E-state index < -0.39 is 16.1 Å². The van der Waals surface area contributed by atoms with Crippen LogP contribution in [-0.2, 0) is 34.3 Å². The second-order valence-electron chi connectivity index (χ2n) is 9.16. The van der Waals surface area contributed by atoms with Crippen molar-refractivity contribution in [2.45, 2.75) is 37.4 Å². The van der Waals surface area contributed by atoms with E-state index in [1.807, 2.05) is 91.0 Å². The summed E-state index contributed by atoms with van der Waals surface area (Å²) in [6.45, 7) is 2.48. The molecule has 0 saturated carbocycles. The van der Waals surface area contributed by atoms with E-state index in [1.165, 1.54) is 13.2 Å². The van der Waals surface area contributed by atoms with Crippen LogP contribution in [-0.4, -0.2) is 32.4 Å². The number of rotatable bonds is 11. The van der Waals surface area contributed by atoms with Gasteiger partial charge < -0.3 is 9.64 Å². The summed E-state index contributed by atoms with van der Waals surface area (Å²) < 4.78 is 35.0. The van der Waals surface area contributed by atoms with Crippen molar-refractivity contribution in [3.05, 3.63) is 131 Å². The van der Waals surface area contributed by atoms with Crippen LogP contribution in [0.3, 0.4) is 0 Å². The molecule has 7 heteroatoms. The molecule has 0 radical (unpaired) electrons. The minimum atomic E-state index is -4.00. The maximum atomic E-state index is 14.1. The van der Waals surface area contributed by atoms with Gasteiger partial charge in [-0.25, -0.2) is 8.42 Å². The van der Waals surface area contributed by atoms with Gasteiger partial charge in [0.25, 0.3) is 0 Å². The minimum absolute atomic E-state index is 0.0827. The molecule has 0 aliphatic carbocycles. The maximum absolute atomic E-state index is 14.1. The van der Waals surface area contributed by atoms with Crippen LogP contribution in [0.1, 0.15) is 22.3 Å². The molecular formula is C31H32N2O4S. The largest absolute Gasteiger partial charge is 0.496 e. The molecule has 196 valence electrons. The molecule has 0 saturated heterocycles. The van der Waals surface area contributed by atoms with E-state index in [1.54, 1.807) is 24.0 Å². The van der Waals surface area contributed by atoms with Crippen molar-refractivity contribution in [1.29, 1.82) is 0 Å². The van der Waals surface area contributed by atoms with Gasteiger partial charge in [0.2, 0.25) is 15.9 Å². The van der Waals surface area contributed by atoms with Crippen LogP contribution in [0.2, 0.25) is 0 Å². The Bertz CT molecular complexity index is 1400. The van der Waals surface area contributed by atoms with E-state index in [0.29, 0.717) is 24.4 Å². The topological polar surface area (TPSA) is 75.7 Å². The van der Waals surface area contributed by atoms with E-state index in [-0.39, 0.29) is 17.2 Å². The van der Waals surface area contributed by atoms with Crippen molar-refractivity contribution in [2.24, 2.45) is 0 Å². The third-order valence-corrected chi connectivity index (χ3v) is 7.77. The SMILES string of the molecule is COc1ccc(S(=O)(=O)N[C@@H](Cc2ccccc2)C(=O)N(Cc2ccccc2)Cc2ccccc2)cc1C. The summed E-state index contributed by atoms with van der Waals surface area (Å²) in [5.74, 6) is 0.299. The zero-order valence-electron chi connectivity index (χ0n) is 21.6. The van der Waals surface area contributed by atoms with E-state index in [9.17, 15) is 13.2 Å². The molecule has 1 amide bonds. The molecule has 0 spiro atoms. The second kappa shape index (κ2) is 12.5. The van der Waals surface area contributed by atoms with Crippen molar-refractivity contribution >= 4 is 15.9 Å². The van der Waals surface area contributed by atoms with Gasteiger partial charge in [0, 0.05) is 13.1 Å². The number of amides is 1. The van der Waals surface area contributed by atoms with Crippen LogP contribution in [0.5, 0.6) is 5.75 Å². The number of aryl methyl sites for hydroxylation is 1. The van der Waals surface area contributed by atoms with Gasteiger partial charge in [0.05, 0.1) is 12.0 Å². The Morgan fingerprint density at radius 1 is 0.789 bits per heavy atom. The van der Waals surface area contributed by atoms with Gasteiger partial charge in [-0.2, -0.15) is 4.72 Å². The fourth-order valence-corrected chi connectivity index (χ4v) is 5.62. The molecule has 4 aromatic carbocycles. The number of benzene rings is 4. The van der Waals surface area contributed by atoms with Crippen molar-refractivity contribution in [2.75, 3.05) is 7.11 Å². The number of hydrogen-bond donors (Lipinski definition) is 1. The van der Waals surface area contributed by atoms with E-state index in [0.717, 1.165) is 16.7 Å². The highest BCUT2D eigenvalue weighted by molar-refractivity contribution is 7.89.